The van der Waals surface area contributed by atoms with Gasteiger partial charge in [-0.2, -0.15) is 5.10 Å². The summed E-state index contributed by atoms with van der Waals surface area (Å²) in [6.45, 7) is 10.9. The molecule has 1 aromatic rings. The minimum Gasteiger partial charge on any atom is -0.309 e. The largest absolute Gasteiger partial charge is 0.309 e. The second kappa shape index (κ2) is 6.90. The van der Waals surface area contributed by atoms with Crippen LogP contribution in [0.15, 0.2) is 6.20 Å². The van der Waals surface area contributed by atoms with Gasteiger partial charge in [0.15, 0.2) is 0 Å². The van der Waals surface area contributed by atoms with E-state index in [1.807, 2.05) is 11.7 Å². The Bertz CT molecular complexity index is 359. The molecule has 0 radical (unpaired) electrons. The fourth-order valence-corrected chi connectivity index (χ4v) is 2.14. The lowest BCUT2D eigenvalue weighted by molar-refractivity contribution is 0.249. The molecule has 1 heterocycles. The van der Waals surface area contributed by atoms with Gasteiger partial charge in [0, 0.05) is 44.0 Å². The van der Waals surface area contributed by atoms with E-state index in [-0.39, 0.29) is 0 Å². The highest BCUT2D eigenvalue weighted by molar-refractivity contribution is 5.19. The van der Waals surface area contributed by atoms with E-state index in [4.69, 9.17) is 0 Å². The van der Waals surface area contributed by atoms with E-state index in [1.165, 1.54) is 12.0 Å². The molecule has 1 rings (SSSR count). The van der Waals surface area contributed by atoms with Crippen LogP contribution in [0.4, 0.5) is 0 Å². The molecule has 0 saturated carbocycles. The van der Waals surface area contributed by atoms with Gasteiger partial charge < -0.3 is 10.2 Å². The van der Waals surface area contributed by atoms with E-state index < -0.39 is 0 Å². The van der Waals surface area contributed by atoms with Crippen molar-refractivity contribution in [3.63, 3.8) is 0 Å². The lowest BCUT2D eigenvalue weighted by Gasteiger charge is -2.24. The molecule has 0 aromatic carbocycles. The molecule has 1 aromatic heterocycles. The van der Waals surface area contributed by atoms with Gasteiger partial charge in [-0.15, -0.1) is 0 Å². The number of hydrogen-bond donors (Lipinski definition) is 1. The predicted octanol–water partition coefficient (Wildman–Crippen LogP) is 2.11. The maximum Gasteiger partial charge on any atom is 0.0641 e. The molecule has 1 N–H and O–H groups in total. The Morgan fingerprint density at radius 2 is 2.11 bits per heavy atom. The summed E-state index contributed by atoms with van der Waals surface area (Å²) in [5.74, 6) is 0. The highest BCUT2D eigenvalue weighted by atomic mass is 15.3. The van der Waals surface area contributed by atoms with Crippen LogP contribution in [0, 0.1) is 6.92 Å². The molecule has 4 heteroatoms. The van der Waals surface area contributed by atoms with Crippen molar-refractivity contribution in [2.45, 2.75) is 46.2 Å². The Morgan fingerprint density at radius 3 is 2.61 bits per heavy atom. The summed E-state index contributed by atoms with van der Waals surface area (Å²) in [6.07, 6.45) is 3.30. The van der Waals surface area contributed by atoms with E-state index in [9.17, 15) is 0 Å². The monoisotopic (exact) mass is 252 g/mol. The number of aryl methyl sites for hydroxylation is 2. The molecule has 0 aliphatic heterocycles. The van der Waals surface area contributed by atoms with Crippen molar-refractivity contribution < 1.29 is 0 Å². The van der Waals surface area contributed by atoms with E-state index in [0.29, 0.717) is 12.1 Å². The first-order valence-corrected chi connectivity index (χ1v) is 6.89. The first kappa shape index (κ1) is 15.2. The number of hydrogen-bond acceptors (Lipinski definition) is 3. The SMILES string of the molecule is CCC(C)N(C)CCNC(C)c1cn(C)nc1C. The molecule has 4 nitrogen and oxygen atoms in total. The number of nitrogens with one attached hydrogen (secondary N) is 1. The van der Waals surface area contributed by atoms with Gasteiger partial charge in [-0.25, -0.2) is 0 Å². The van der Waals surface area contributed by atoms with Gasteiger partial charge in [0.1, 0.15) is 0 Å². The summed E-state index contributed by atoms with van der Waals surface area (Å²) in [6, 6.07) is 1.02. The highest BCUT2D eigenvalue weighted by Crippen LogP contribution is 2.15. The van der Waals surface area contributed by atoms with Gasteiger partial charge >= 0.3 is 0 Å². The van der Waals surface area contributed by atoms with E-state index >= 15 is 0 Å². The fraction of sp³-hybridized carbons (Fsp3) is 0.786. The standard InChI is InChI=1S/C14H28N4/c1-7-11(2)17(5)9-8-15-12(3)14-10-18(6)16-13(14)4/h10-12,15H,7-9H2,1-6H3. The van der Waals surface area contributed by atoms with Gasteiger partial charge in [0.2, 0.25) is 0 Å². The van der Waals surface area contributed by atoms with Crippen molar-refractivity contribution >= 4 is 0 Å². The lowest BCUT2D eigenvalue weighted by Crippen LogP contribution is -2.35. The zero-order chi connectivity index (χ0) is 13.7. The first-order chi connectivity index (χ1) is 8.45. The van der Waals surface area contributed by atoms with Crippen LogP contribution in [-0.4, -0.2) is 40.9 Å². The van der Waals surface area contributed by atoms with Crippen molar-refractivity contribution in [3.8, 4) is 0 Å². The minimum absolute atomic E-state index is 0.365. The van der Waals surface area contributed by atoms with Crippen LogP contribution >= 0.6 is 0 Å². The van der Waals surface area contributed by atoms with Crippen molar-refractivity contribution in [3.05, 3.63) is 17.5 Å². The summed E-state index contributed by atoms with van der Waals surface area (Å²) in [7, 11) is 4.16. The molecule has 104 valence electrons. The van der Waals surface area contributed by atoms with Gasteiger partial charge in [0.25, 0.3) is 0 Å². The maximum absolute atomic E-state index is 4.38. The molecule has 0 amide bonds. The zero-order valence-corrected chi connectivity index (χ0v) is 12.7. The molecule has 2 unspecified atom stereocenters. The van der Waals surface area contributed by atoms with Crippen LogP contribution in [-0.2, 0) is 7.05 Å². The highest BCUT2D eigenvalue weighted by Gasteiger charge is 2.12. The quantitative estimate of drug-likeness (QED) is 0.807. The van der Waals surface area contributed by atoms with Gasteiger partial charge in [-0.05, 0) is 34.2 Å². The van der Waals surface area contributed by atoms with Crippen molar-refractivity contribution in [1.29, 1.82) is 0 Å². The molecule has 0 fully saturated rings. The fourth-order valence-electron chi connectivity index (χ4n) is 2.14. The van der Waals surface area contributed by atoms with Crippen LogP contribution < -0.4 is 5.32 Å². The lowest BCUT2D eigenvalue weighted by atomic mass is 10.1. The summed E-state index contributed by atoms with van der Waals surface area (Å²) in [5.41, 5.74) is 2.41. The van der Waals surface area contributed by atoms with Gasteiger partial charge in [0.05, 0.1) is 5.69 Å². The number of nitrogens with zero attached hydrogens (tertiary/aromatic N) is 3. The Balaban J connectivity index is 2.38. The maximum atomic E-state index is 4.38. The van der Waals surface area contributed by atoms with Crippen molar-refractivity contribution in [2.24, 2.45) is 7.05 Å². The molecule has 0 aliphatic carbocycles. The third kappa shape index (κ3) is 4.10. The number of aromatic nitrogens is 2. The summed E-state index contributed by atoms with van der Waals surface area (Å²) >= 11 is 0. The Morgan fingerprint density at radius 1 is 1.44 bits per heavy atom. The Kier molecular flexibility index (Phi) is 5.82. The normalized spacial score (nSPS) is 15.1. The summed E-state index contributed by atoms with van der Waals surface area (Å²) in [4.78, 5) is 2.40. The van der Waals surface area contributed by atoms with Crippen LogP contribution in [0.25, 0.3) is 0 Å². The molecule has 2 atom stereocenters. The zero-order valence-electron chi connectivity index (χ0n) is 12.7. The average molecular weight is 252 g/mol. The average Bonchev–Trinajstić information content (AvgIpc) is 2.67. The molecule has 0 aliphatic rings. The molecule has 18 heavy (non-hydrogen) atoms. The van der Waals surface area contributed by atoms with Gasteiger partial charge in [-0.3, -0.25) is 4.68 Å². The van der Waals surface area contributed by atoms with E-state index in [2.05, 4.69) is 56.3 Å². The molecule has 0 spiro atoms. The van der Waals surface area contributed by atoms with Crippen LogP contribution in [0.5, 0.6) is 0 Å². The van der Waals surface area contributed by atoms with Gasteiger partial charge in [-0.1, -0.05) is 6.92 Å². The minimum atomic E-state index is 0.365. The second-order valence-corrected chi connectivity index (χ2v) is 5.26. The second-order valence-electron chi connectivity index (χ2n) is 5.26. The Hall–Kier alpha value is -0.870. The third-order valence-corrected chi connectivity index (χ3v) is 3.78. The van der Waals surface area contributed by atoms with Crippen LogP contribution in [0.1, 0.15) is 44.5 Å². The Labute approximate surface area is 111 Å². The smallest absolute Gasteiger partial charge is 0.0641 e. The van der Waals surface area contributed by atoms with E-state index in [0.717, 1.165) is 18.8 Å². The van der Waals surface area contributed by atoms with E-state index in [1.54, 1.807) is 0 Å². The molecular weight excluding hydrogens is 224 g/mol. The first-order valence-electron chi connectivity index (χ1n) is 6.89. The summed E-state index contributed by atoms with van der Waals surface area (Å²) in [5, 5.41) is 7.95. The third-order valence-electron chi connectivity index (χ3n) is 3.78. The summed E-state index contributed by atoms with van der Waals surface area (Å²) < 4.78 is 1.88. The molecular formula is C14H28N4. The van der Waals surface area contributed by atoms with Crippen LogP contribution in [0.3, 0.4) is 0 Å². The molecule has 0 saturated heterocycles. The predicted molar refractivity (Wildman–Crippen MR) is 76.7 cm³/mol. The topological polar surface area (TPSA) is 33.1 Å². The number of likely N-dealkylation sites (N-methyl/N-ethyl adjacent to an activating group) is 1. The van der Waals surface area contributed by atoms with Crippen molar-refractivity contribution in [1.82, 2.24) is 20.0 Å². The number of rotatable bonds is 7. The molecule has 0 bridgehead atoms. The van der Waals surface area contributed by atoms with Crippen LogP contribution in [0.2, 0.25) is 0 Å². The van der Waals surface area contributed by atoms with Crippen molar-refractivity contribution in [2.75, 3.05) is 20.1 Å².